The zero-order chi connectivity index (χ0) is 14.8. The van der Waals surface area contributed by atoms with Gasteiger partial charge in [0.1, 0.15) is 10.7 Å². The zero-order valence-corrected chi connectivity index (χ0v) is 11.2. The standard InChI is InChI=1S/C11H14FNO5S/c1-7-4-3-5-8(9(7)12)19(17,18)13-6-11(2,16)10(14)15/h3-5,13,16H,6H2,1-2H3,(H,14,15). The Morgan fingerprint density at radius 1 is 1.47 bits per heavy atom. The van der Waals surface area contributed by atoms with Crippen molar-refractivity contribution in [3.05, 3.63) is 29.6 Å². The Hall–Kier alpha value is -1.51. The lowest BCUT2D eigenvalue weighted by Gasteiger charge is -2.18. The monoisotopic (exact) mass is 291 g/mol. The van der Waals surface area contributed by atoms with Crippen LogP contribution in [0, 0.1) is 12.7 Å². The van der Waals surface area contributed by atoms with Crippen LogP contribution >= 0.6 is 0 Å². The van der Waals surface area contributed by atoms with E-state index in [1.807, 2.05) is 4.72 Å². The summed E-state index contributed by atoms with van der Waals surface area (Å²) in [6.45, 7) is 1.57. The van der Waals surface area contributed by atoms with Gasteiger partial charge in [0.15, 0.2) is 5.60 Å². The molecule has 0 radical (unpaired) electrons. The third kappa shape index (κ3) is 3.49. The maximum atomic E-state index is 13.7. The molecule has 1 aromatic rings. The van der Waals surface area contributed by atoms with Crippen molar-refractivity contribution in [2.45, 2.75) is 24.3 Å². The molecule has 0 saturated carbocycles. The number of aryl methyl sites for hydroxylation is 1. The third-order valence-corrected chi connectivity index (χ3v) is 3.93. The summed E-state index contributed by atoms with van der Waals surface area (Å²) >= 11 is 0. The second-order valence-electron chi connectivity index (χ2n) is 4.29. The Morgan fingerprint density at radius 3 is 2.58 bits per heavy atom. The van der Waals surface area contributed by atoms with Crippen molar-refractivity contribution in [3.8, 4) is 0 Å². The largest absolute Gasteiger partial charge is 0.479 e. The van der Waals surface area contributed by atoms with Crippen molar-refractivity contribution in [2.75, 3.05) is 6.54 Å². The quantitative estimate of drug-likeness (QED) is 0.721. The van der Waals surface area contributed by atoms with E-state index in [0.717, 1.165) is 13.0 Å². The van der Waals surface area contributed by atoms with Crippen LogP contribution in [0.3, 0.4) is 0 Å². The van der Waals surface area contributed by atoms with Gasteiger partial charge < -0.3 is 10.2 Å². The molecule has 0 aromatic heterocycles. The number of aliphatic carboxylic acids is 1. The maximum absolute atomic E-state index is 13.7. The van der Waals surface area contributed by atoms with Gasteiger partial charge in [0.05, 0.1) is 6.54 Å². The molecule has 1 rings (SSSR count). The van der Waals surface area contributed by atoms with E-state index in [1.54, 1.807) is 0 Å². The average Bonchev–Trinajstić information content (AvgIpc) is 2.30. The molecule has 1 atom stereocenters. The molecule has 106 valence electrons. The minimum absolute atomic E-state index is 0.146. The van der Waals surface area contributed by atoms with E-state index in [2.05, 4.69) is 0 Å². The second-order valence-corrected chi connectivity index (χ2v) is 6.03. The van der Waals surface area contributed by atoms with E-state index in [9.17, 15) is 22.7 Å². The average molecular weight is 291 g/mol. The summed E-state index contributed by atoms with van der Waals surface area (Å²) in [4.78, 5) is 10.0. The normalized spacial score (nSPS) is 14.9. The Balaban J connectivity index is 3.01. The van der Waals surface area contributed by atoms with Crippen molar-refractivity contribution in [2.24, 2.45) is 0 Å². The Morgan fingerprint density at radius 2 is 2.05 bits per heavy atom. The molecule has 6 nitrogen and oxygen atoms in total. The molecule has 1 unspecified atom stereocenters. The van der Waals surface area contributed by atoms with E-state index in [0.29, 0.717) is 0 Å². The molecule has 0 heterocycles. The summed E-state index contributed by atoms with van der Waals surface area (Å²) in [5, 5.41) is 18.1. The van der Waals surface area contributed by atoms with Crippen LogP contribution < -0.4 is 4.72 Å². The lowest BCUT2D eigenvalue weighted by molar-refractivity contribution is -0.155. The van der Waals surface area contributed by atoms with Crippen molar-refractivity contribution in [3.63, 3.8) is 0 Å². The van der Waals surface area contributed by atoms with E-state index in [1.165, 1.54) is 19.1 Å². The first-order valence-electron chi connectivity index (χ1n) is 5.28. The van der Waals surface area contributed by atoms with E-state index in [-0.39, 0.29) is 5.56 Å². The molecule has 0 bridgehead atoms. The summed E-state index contributed by atoms with van der Waals surface area (Å²) in [5.41, 5.74) is -2.12. The topological polar surface area (TPSA) is 104 Å². The number of hydrogen-bond donors (Lipinski definition) is 3. The molecule has 0 aliphatic rings. The minimum Gasteiger partial charge on any atom is -0.479 e. The SMILES string of the molecule is Cc1cccc(S(=O)(=O)NCC(C)(O)C(=O)O)c1F. The van der Waals surface area contributed by atoms with Crippen molar-refractivity contribution < 1.29 is 27.8 Å². The van der Waals surface area contributed by atoms with Crippen molar-refractivity contribution >= 4 is 16.0 Å². The molecule has 0 aliphatic heterocycles. The van der Waals surface area contributed by atoms with Crippen LogP contribution in [0.2, 0.25) is 0 Å². The van der Waals surface area contributed by atoms with Crippen LogP contribution in [-0.4, -0.2) is 36.7 Å². The number of nitrogens with one attached hydrogen (secondary N) is 1. The molecule has 0 aliphatic carbocycles. The number of aliphatic hydroxyl groups is 1. The van der Waals surface area contributed by atoms with E-state index in [4.69, 9.17) is 5.11 Å². The first-order chi connectivity index (χ1) is 8.58. The highest BCUT2D eigenvalue weighted by Gasteiger charge is 2.32. The van der Waals surface area contributed by atoms with Gasteiger partial charge in [-0.3, -0.25) is 0 Å². The number of benzene rings is 1. The molecule has 0 fully saturated rings. The van der Waals surface area contributed by atoms with Crippen LogP contribution in [-0.2, 0) is 14.8 Å². The number of carboxylic acid groups (broad SMARTS) is 1. The Labute approximate surface area is 109 Å². The maximum Gasteiger partial charge on any atom is 0.336 e. The number of carbonyl (C=O) groups is 1. The molecule has 19 heavy (non-hydrogen) atoms. The van der Waals surface area contributed by atoms with Gasteiger partial charge in [-0.15, -0.1) is 0 Å². The first-order valence-corrected chi connectivity index (χ1v) is 6.77. The highest BCUT2D eigenvalue weighted by Crippen LogP contribution is 2.17. The molecule has 0 amide bonds. The van der Waals surface area contributed by atoms with Crippen LogP contribution in [0.4, 0.5) is 4.39 Å². The van der Waals surface area contributed by atoms with Crippen LogP contribution in [0.15, 0.2) is 23.1 Å². The molecule has 0 saturated heterocycles. The highest BCUT2D eigenvalue weighted by molar-refractivity contribution is 7.89. The number of halogens is 1. The van der Waals surface area contributed by atoms with E-state index < -0.39 is 38.9 Å². The lowest BCUT2D eigenvalue weighted by atomic mass is 10.1. The number of sulfonamides is 1. The Bertz CT molecular complexity index is 597. The van der Waals surface area contributed by atoms with Gasteiger partial charge in [-0.05, 0) is 25.5 Å². The predicted molar refractivity (Wildman–Crippen MR) is 64.6 cm³/mol. The molecular formula is C11H14FNO5S. The van der Waals surface area contributed by atoms with Gasteiger partial charge in [-0.25, -0.2) is 22.3 Å². The fourth-order valence-electron chi connectivity index (χ4n) is 1.22. The first kappa shape index (κ1) is 15.5. The van der Waals surface area contributed by atoms with Crippen LogP contribution in [0.5, 0.6) is 0 Å². The summed E-state index contributed by atoms with van der Waals surface area (Å²) in [5.74, 6) is -2.50. The summed E-state index contributed by atoms with van der Waals surface area (Å²) in [6, 6.07) is 3.82. The molecule has 8 heteroatoms. The van der Waals surface area contributed by atoms with Crippen molar-refractivity contribution in [1.29, 1.82) is 0 Å². The number of hydrogen-bond acceptors (Lipinski definition) is 4. The zero-order valence-electron chi connectivity index (χ0n) is 10.3. The second kappa shape index (κ2) is 5.24. The van der Waals surface area contributed by atoms with Gasteiger partial charge >= 0.3 is 5.97 Å². The number of rotatable bonds is 5. The van der Waals surface area contributed by atoms with Gasteiger partial charge in [0, 0.05) is 0 Å². The predicted octanol–water partition coefficient (Wildman–Crippen LogP) is 0.248. The van der Waals surface area contributed by atoms with Crippen LogP contribution in [0.25, 0.3) is 0 Å². The molecule has 1 aromatic carbocycles. The highest BCUT2D eigenvalue weighted by atomic mass is 32.2. The fourth-order valence-corrected chi connectivity index (χ4v) is 2.50. The third-order valence-electron chi connectivity index (χ3n) is 2.51. The summed E-state index contributed by atoms with van der Waals surface area (Å²) < 4.78 is 39.2. The minimum atomic E-state index is -4.23. The van der Waals surface area contributed by atoms with Crippen molar-refractivity contribution in [1.82, 2.24) is 4.72 Å². The van der Waals surface area contributed by atoms with Gasteiger partial charge in [-0.2, -0.15) is 0 Å². The fraction of sp³-hybridized carbons (Fsp3) is 0.364. The van der Waals surface area contributed by atoms with E-state index >= 15 is 0 Å². The van der Waals surface area contributed by atoms with Gasteiger partial charge in [0.2, 0.25) is 10.0 Å². The lowest BCUT2D eigenvalue weighted by Crippen LogP contribution is -2.46. The Kier molecular flexibility index (Phi) is 4.28. The number of carboxylic acids is 1. The smallest absolute Gasteiger partial charge is 0.336 e. The molecular weight excluding hydrogens is 277 g/mol. The summed E-state index contributed by atoms with van der Waals surface area (Å²) in [7, 11) is -4.23. The molecule has 3 N–H and O–H groups in total. The molecule has 0 spiro atoms. The van der Waals surface area contributed by atoms with Gasteiger partial charge in [0.25, 0.3) is 0 Å². The van der Waals surface area contributed by atoms with Gasteiger partial charge in [-0.1, -0.05) is 12.1 Å². The summed E-state index contributed by atoms with van der Waals surface area (Å²) in [6.07, 6.45) is 0. The van der Waals surface area contributed by atoms with Crippen LogP contribution in [0.1, 0.15) is 12.5 Å².